The molecule has 0 unspecified atom stereocenters. The first kappa shape index (κ1) is 16.8. The maximum Gasteiger partial charge on any atom is 0.345 e. The molecule has 0 aliphatic carbocycles. The van der Waals surface area contributed by atoms with Gasteiger partial charge in [-0.05, 0) is 42.0 Å². The van der Waals surface area contributed by atoms with Crippen LogP contribution >= 0.6 is 11.6 Å². The van der Waals surface area contributed by atoms with Crippen LogP contribution in [0.15, 0.2) is 53.3 Å². The molecule has 3 aromatic heterocycles. The van der Waals surface area contributed by atoms with Gasteiger partial charge in [-0.3, -0.25) is 9.20 Å². The monoisotopic (exact) mass is 391 g/mol. The molecule has 0 fully saturated rings. The first-order valence-electron chi connectivity index (χ1n) is 8.81. The third-order valence-corrected chi connectivity index (χ3v) is 5.03. The van der Waals surface area contributed by atoms with Crippen molar-refractivity contribution in [2.24, 2.45) is 0 Å². The summed E-state index contributed by atoms with van der Waals surface area (Å²) in [7, 11) is 0. The number of rotatable bonds is 2. The van der Waals surface area contributed by atoms with E-state index in [2.05, 4.69) is 9.97 Å². The molecule has 1 N–H and O–H groups in total. The van der Waals surface area contributed by atoms with Gasteiger partial charge in [0.2, 0.25) is 5.43 Å². The molecule has 3 heterocycles. The van der Waals surface area contributed by atoms with Gasteiger partial charge in [0.05, 0.1) is 23.0 Å². The summed E-state index contributed by atoms with van der Waals surface area (Å²) in [6, 6.07) is 15.0. The van der Waals surface area contributed by atoms with Crippen molar-refractivity contribution in [1.29, 1.82) is 0 Å². The Kier molecular flexibility index (Phi) is 3.64. The molecule has 0 aliphatic rings. The summed E-state index contributed by atoms with van der Waals surface area (Å²) in [5, 5.41) is 2.64. The Labute approximate surface area is 163 Å². The molecule has 0 atom stereocenters. The van der Waals surface area contributed by atoms with Crippen LogP contribution in [-0.4, -0.2) is 26.9 Å². The third-order valence-electron chi connectivity index (χ3n) is 4.82. The zero-order valence-electron chi connectivity index (χ0n) is 14.8. The maximum absolute atomic E-state index is 13.1. The smallest absolute Gasteiger partial charge is 0.345 e. The highest BCUT2D eigenvalue weighted by molar-refractivity contribution is 6.29. The summed E-state index contributed by atoms with van der Waals surface area (Å²) in [5.74, 6) is -0.669. The van der Waals surface area contributed by atoms with E-state index in [0.29, 0.717) is 16.7 Å². The van der Waals surface area contributed by atoms with Crippen molar-refractivity contribution >= 4 is 56.1 Å². The number of carbonyl (C=O) groups is 1. The van der Waals surface area contributed by atoms with E-state index < -0.39 is 11.4 Å². The average Bonchev–Trinajstić information content (AvgIpc) is 3.04. The van der Waals surface area contributed by atoms with Gasteiger partial charge in [0.25, 0.3) is 0 Å². The number of aromatic nitrogens is 3. The van der Waals surface area contributed by atoms with Gasteiger partial charge in [0, 0.05) is 0 Å². The van der Waals surface area contributed by atoms with Crippen LogP contribution < -0.4 is 5.43 Å². The minimum atomic E-state index is -0.669. The Hall–Kier alpha value is -3.38. The molecule has 0 spiro atoms. The van der Waals surface area contributed by atoms with Gasteiger partial charge in [-0.2, -0.15) is 0 Å². The number of aromatic amines is 1. The summed E-state index contributed by atoms with van der Waals surface area (Å²) < 4.78 is 6.90. The molecule has 2 aromatic carbocycles. The fourth-order valence-electron chi connectivity index (χ4n) is 3.62. The number of hydrogen-bond donors (Lipinski definition) is 1. The van der Waals surface area contributed by atoms with Crippen molar-refractivity contribution in [2.45, 2.75) is 6.92 Å². The summed E-state index contributed by atoms with van der Waals surface area (Å²) in [4.78, 5) is 33.2. The van der Waals surface area contributed by atoms with Crippen LogP contribution in [0.2, 0.25) is 5.15 Å². The van der Waals surface area contributed by atoms with Crippen molar-refractivity contribution in [3.8, 4) is 0 Å². The van der Waals surface area contributed by atoms with Crippen LogP contribution in [-0.2, 0) is 4.74 Å². The first-order valence-corrected chi connectivity index (χ1v) is 9.19. The molecular weight excluding hydrogens is 378 g/mol. The molecule has 6 nitrogen and oxygen atoms in total. The number of H-pyrrole nitrogens is 1. The molecule has 0 bridgehead atoms. The predicted octanol–water partition coefficient (Wildman–Crippen LogP) is 4.31. The highest BCUT2D eigenvalue weighted by Crippen LogP contribution is 2.27. The number of pyridine rings is 2. The molecule has 0 radical (unpaired) electrons. The Bertz CT molecular complexity index is 1480. The fraction of sp³-hybridized carbons (Fsp3) is 0.0952. The van der Waals surface area contributed by atoms with E-state index >= 15 is 0 Å². The van der Waals surface area contributed by atoms with Crippen LogP contribution in [0, 0.1) is 0 Å². The van der Waals surface area contributed by atoms with E-state index in [0.717, 1.165) is 21.8 Å². The number of ether oxygens (including phenoxy) is 1. The Balaban J connectivity index is 2.06. The lowest BCUT2D eigenvalue weighted by Crippen LogP contribution is -2.20. The zero-order chi connectivity index (χ0) is 19.4. The number of nitrogens with one attached hydrogen (secondary N) is 1. The largest absolute Gasteiger partial charge is 0.462 e. The van der Waals surface area contributed by atoms with Crippen molar-refractivity contribution in [3.05, 3.63) is 69.5 Å². The summed E-state index contributed by atoms with van der Waals surface area (Å²) in [5.41, 5.74) is 1.82. The fourth-order valence-corrected chi connectivity index (χ4v) is 3.76. The second-order valence-corrected chi connectivity index (χ2v) is 6.84. The number of halogens is 1. The summed E-state index contributed by atoms with van der Waals surface area (Å²) in [6.45, 7) is 1.87. The van der Waals surface area contributed by atoms with Crippen LogP contribution in [0.3, 0.4) is 0 Å². The second kappa shape index (κ2) is 6.07. The SMILES string of the molecule is CCOC(=O)c1c(=O)c2ccc(Cl)nc2n2c1[nH]c1cc3ccccc3cc12. The predicted molar refractivity (Wildman–Crippen MR) is 109 cm³/mol. The molecule has 5 rings (SSSR count). The van der Waals surface area contributed by atoms with Crippen molar-refractivity contribution in [2.75, 3.05) is 6.61 Å². The topological polar surface area (TPSA) is 76.5 Å². The van der Waals surface area contributed by atoms with Crippen molar-refractivity contribution in [3.63, 3.8) is 0 Å². The molecule has 5 aromatic rings. The molecule has 28 heavy (non-hydrogen) atoms. The van der Waals surface area contributed by atoms with Gasteiger partial charge in [-0.25, -0.2) is 9.78 Å². The lowest BCUT2D eigenvalue weighted by molar-refractivity contribution is 0.0527. The number of esters is 1. The standard InChI is InChI=1S/C21H14ClN3O3/c1-2-28-21(27)17-18(26)13-7-8-16(22)24-19(13)25-15-10-12-6-4-3-5-11(12)9-14(15)23-20(17)25/h3-10,23H,2H2,1H3. The van der Waals surface area contributed by atoms with E-state index in [-0.39, 0.29) is 17.3 Å². The average molecular weight is 392 g/mol. The van der Waals surface area contributed by atoms with Crippen LogP contribution in [0.5, 0.6) is 0 Å². The van der Waals surface area contributed by atoms with E-state index in [1.165, 1.54) is 6.07 Å². The minimum absolute atomic E-state index is 0.0428. The van der Waals surface area contributed by atoms with E-state index in [1.807, 2.05) is 36.4 Å². The Morgan fingerprint density at radius 2 is 1.93 bits per heavy atom. The van der Waals surface area contributed by atoms with E-state index in [9.17, 15) is 9.59 Å². The maximum atomic E-state index is 13.1. The normalized spacial score (nSPS) is 11.6. The van der Waals surface area contributed by atoms with Crippen molar-refractivity contribution in [1.82, 2.24) is 14.4 Å². The molecule has 0 aliphatic heterocycles. The van der Waals surface area contributed by atoms with Gasteiger partial charge in [0.1, 0.15) is 16.4 Å². The molecule has 0 saturated carbocycles. The molecule has 0 saturated heterocycles. The first-order chi connectivity index (χ1) is 13.6. The van der Waals surface area contributed by atoms with Crippen LogP contribution in [0.4, 0.5) is 0 Å². The summed E-state index contributed by atoms with van der Waals surface area (Å²) >= 11 is 6.11. The Morgan fingerprint density at radius 1 is 1.18 bits per heavy atom. The number of fused-ring (bicyclic) bond motifs is 6. The zero-order valence-corrected chi connectivity index (χ0v) is 15.6. The van der Waals surface area contributed by atoms with Gasteiger partial charge in [-0.15, -0.1) is 0 Å². The van der Waals surface area contributed by atoms with Crippen LogP contribution in [0.25, 0.3) is 38.5 Å². The lowest BCUT2D eigenvalue weighted by Gasteiger charge is -2.08. The molecule has 138 valence electrons. The lowest BCUT2D eigenvalue weighted by atomic mass is 10.1. The van der Waals surface area contributed by atoms with Gasteiger partial charge >= 0.3 is 5.97 Å². The quantitative estimate of drug-likeness (QED) is 0.359. The third kappa shape index (κ3) is 2.31. The number of nitrogens with zero attached hydrogens (tertiary/aromatic N) is 2. The molecule has 0 amide bonds. The Morgan fingerprint density at radius 3 is 2.68 bits per heavy atom. The number of imidazole rings is 1. The van der Waals surface area contributed by atoms with E-state index in [1.54, 1.807) is 17.4 Å². The van der Waals surface area contributed by atoms with Gasteiger partial charge in [-0.1, -0.05) is 35.9 Å². The summed E-state index contributed by atoms with van der Waals surface area (Å²) in [6.07, 6.45) is 0. The molecule has 7 heteroatoms. The van der Waals surface area contributed by atoms with Gasteiger partial charge < -0.3 is 9.72 Å². The van der Waals surface area contributed by atoms with Crippen LogP contribution in [0.1, 0.15) is 17.3 Å². The number of carbonyl (C=O) groups excluding carboxylic acids is 1. The van der Waals surface area contributed by atoms with E-state index in [4.69, 9.17) is 16.3 Å². The van der Waals surface area contributed by atoms with Crippen molar-refractivity contribution < 1.29 is 9.53 Å². The minimum Gasteiger partial charge on any atom is -0.462 e. The number of hydrogen-bond acceptors (Lipinski definition) is 4. The second-order valence-electron chi connectivity index (χ2n) is 6.46. The highest BCUT2D eigenvalue weighted by Gasteiger charge is 2.23. The number of benzene rings is 2. The van der Waals surface area contributed by atoms with Gasteiger partial charge in [0.15, 0.2) is 5.65 Å². The molecular formula is C21H14ClN3O3. The highest BCUT2D eigenvalue weighted by atomic mass is 35.5.